The van der Waals surface area contributed by atoms with Crippen molar-refractivity contribution in [2.45, 2.75) is 26.4 Å². The fourth-order valence-corrected chi connectivity index (χ4v) is 4.54. The molecule has 3 aromatic carbocycles. The highest BCUT2D eigenvalue weighted by Gasteiger charge is 2.18. The second-order valence-corrected chi connectivity index (χ2v) is 9.21. The molecule has 1 heterocycles. The normalized spacial score (nSPS) is 11.1. The van der Waals surface area contributed by atoms with Crippen LogP contribution in [0.3, 0.4) is 0 Å². The van der Waals surface area contributed by atoms with Gasteiger partial charge in [-0.2, -0.15) is 0 Å². The molecule has 4 aromatic rings. The lowest BCUT2D eigenvalue weighted by atomic mass is 9.90. The van der Waals surface area contributed by atoms with Crippen molar-refractivity contribution in [1.29, 1.82) is 0 Å². The van der Waals surface area contributed by atoms with Gasteiger partial charge in [-0.05, 0) is 77.6 Å². The minimum absolute atomic E-state index is 0.0936. The highest BCUT2D eigenvalue weighted by molar-refractivity contribution is 6.03. The van der Waals surface area contributed by atoms with E-state index in [1.165, 1.54) is 13.2 Å². The molecule has 4 rings (SSSR count). The molecule has 4 N–H and O–H groups in total. The number of hydrogen-bond acceptors (Lipinski definition) is 6. The van der Waals surface area contributed by atoms with Gasteiger partial charge in [-0.25, -0.2) is 4.39 Å². The Kier molecular flexibility index (Phi) is 9.03. The van der Waals surface area contributed by atoms with Crippen LogP contribution in [0, 0.1) is 19.7 Å². The SMILES string of the molecule is COc1cc(-c2cccc(-c3cccc(NC(=O)c4ccccn4)c3C)c2C)cc(F)c1CNC(CO)CO. The second kappa shape index (κ2) is 12.6. The van der Waals surface area contributed by atoms with Gasteiger partial charge >= 0.3 is 0 Å². The summed E-state index contributed by atoms with van der Waals surface area (Å²) in [5, 5.41) is 24.5. The number of hydrogen-bond donors (Lipinski definition) is 4. The van der Waals surface area contributed by atoms with Crippen LogP contribution in [-0.4, -0.2) is 47.5 Å². The van der Waals surface area contributed by atoms with E-state index in [9.17, 15) is 15.0 Å². The first-order chi connectivity index (χ1) is 18.9. The van der Waals surface area contributed by atoms with Crippen LogP contribution < -0.4 is 15.4 Å². The summed E-state index contributed by atoms with van der Waals surface area (Å²) in [5.41, 5.74) is 6.57. The molecular formula is C31H32FN3O4. The number of amides is 1. The molecule has 0 spiro atoms. The molecule has 8 heteroatoms. The van der Waals surface area contributed by atoms with Crippen LogP contribution in [0.2, 0.25) is 0 Å². The molecule has 39 heavy (non-hydrogen) atoms. The maximum Gasteiger partial charge on any atom is 0.274 e. The summed E-state index contributed by atoms with van der Waals surface area (Å²) in [4.78, 5) is 16.8. The van der Waals surface area contributed by atoms with Gasteiger partial charge in [-0.3, -0.25) is 9.78 Å². The number of halogens is 1. The minimum atomic E-state index is -0.555. The summed E-state index contributed by atoms with van der Waals surface area (Å²) in [6.45, 7) is 3.49. The van der Waals surface area contributed by atoms with Crippen LogP contribution in [0.25, 0.3) is 22.3 Å². The maximum absolute atomic E-state index is 15.3. The number of rotatable bonds is 10. The summed E-state index contributed by atoms with van der Waals surface area (Å²) in [5.74, 6) is -0.373. The summed E-state index contributed by atoms with van der Waals surface area (Å²) in [6.07, 6.45) is 1.58. The summed E-state index contributed by atoms with van der Waals surface area (Å²) >= 11 is 0. The van der Waals surface area contributed by atoms with Crippen LogP contribution in [-0.2, 0) is 6.54 Å². The van der Waals surface area contributed by atoms with E-state index in [0.717, 1.165) is 27.8 Å². The predicted molar refractivity (Wildman–Crippen MR) is 150 cm³/mol. The van der Waals surface area contributed by atoms with Crippen molar-refractivity contribution in [3.8, 4) is 28.0 Å². The average Bonchev–Trinajstić information content (AvgIpc) is 2.96. The molecule has 0 radical (unpaired) electrons. The zero-order chi connectivity index (χ0) is 27.9. The molecule has 0 aliphatic rings. The van der Waals surface area contributed by atoms with Crippen LogP contribution >= 0.6 is 0 Å². The van der Waals surface area contributed by atoms with Gasteiger partial charge in [0, 0.05) is 24.0 Å². The third-order valence-corrected chi connectivity index (χ3v) is 6.80. The van der Waals surface area contributed by atoms with Gasteiger partial charge < -0.3 is 25.6 Å². The Hall–Kier alpha value is -4.11. The van der Waals surface area contributed by atoms with Crippen LogP contribution in [0.15, 0.2) is 72.9 Å². The van der Waals surface area contributed by atoms with Crippen LogP contribution in [0.5, 0.6) is 5.75 Å². The number of aliphatic hydroxyl groups excluding tert-OH is 2. The predicted octanol–water partition coefficient (Wildman–Crippen LogP) is 4.88. The fourth-order valence-electron chi connectivity index (χ4n) is 4.54. The minimum Gasteiger partial charge on any atom is -0.496 e. The van der Waals surface area contributed by atoms with E-state index in [1.54, 1.807) is 30.5 Å². The number of benzene rings is 3. The molecule has 1 aromatic heterocycles. The third kappa shape index (κ3) is 6.15. The number of aliphatic hydroxyl groups is 2. The average molecular weight is 530 g/mol. The summed E-state index contributed by atoms with van der Waals surface area (Å²) < 4.78 is 20.8. The molecule has 0 aliphatic heterocycles. The van der Waals surface area contributed by atoms with E-state index in [-0.39, 0.29) is 25.7 Å². The van der Waals surface area contributed by atoms with Gasteiger partial charge in [0.25, 0.3) is 5.91 Å². The van der Waals surface area contributed by atoms with Crippen molar-refractivity contribution in [2.24, 2.45) is 0 Å². The van der Waals surface area contributed by atoms with Crippen LogP contribution in [0.4, 0.5) is 10.1 Å². The van der Waals surface area contributed by atoms with Crippen molar-refractivity contribution in [3.05, 3.63) is 101 Å². The number of anilines is 1. The highest BCUT2D eigenvalue weighted by Crippen LogP contribution is 2.37. The highest BCUT2D eigenvalue weighted by atomic mass is 19.1. The van der Waals surface area contributed by atoms with Crippen molar-refractivity contribution < 1.29 is 24.1 Å². The molecule has 0 aliphatic carbocycles. The van der Waals surface area contributed by atoms with Crippen molar-refractivity contribution >= 4 is 11.6 Å². The molecule has 0 bridgehead atoms. The van der Waals surface area contributed by atoms with E-state index >= 15 is 4.39 Å². The van der Waals surface area contributed by atoms with E-state index in [0.29, 0.717) is 28.3 Å². The first kappa shape index (κ1) is 27.9. The summed E-state index contributed by atoms with van der Waals surface area (Å²) in [6, 6.07) is 19.5. The first-order valence-electron chi connectivity index (χ1n) is 12.6. The monoisotopic (exact) mass is 529 g/mol. The number of nitrogens with one attached hydrogen (secondary N) is 2. The van der Waals surface area contributed by atoms with E-state index in [4.69, 9.17) is 4.74 Å². The molecule has 0 atom stereocenters. The van der Waals surface area contributed by atoms with Gasteiger partial charge in [-0.1, -0.05) is 36.4 Å². The molecule has 7 nitrogen and oxygen atoms in total. The lowest BCUT2D eigenvalue weighted by Gasteiger charge is -2.19. The Labute approximate surface area is 227 Å². The smallest absolute Gasteiger partial charge is 0.274 e. The molecular weight excluding hydrogens is 497 g/mol. The molecule has 0 fully saturated rings. The third-order valence-electron chi connectivity index (χ3n) is 6.80. The Morgan fingerprint density at radius 3 is 2.31 bits per heavy atom. The van der Waals surface area contributed by atoms with Gasteiger partial charge in [0.15, 0.2) is 0 Å². The van der Waals surface area contributed by atoms with Gasteiger partial charge in [0.1, 0.15) is 17.3 Å². The summed E-state index contributed by atoms with van der Waals surface area (Å²) in [7, 11) is 1.48. The molecule has 0 unspecified atom stereocenters. The number of aromatic nitrogens is 1. The van der Waals surface area contributed by atoms with Gasteiger partial charge in [-0.15, -0.1) is 0 Å². The zero-order valence-corrected chi connectivity index (χ0v) is 22.2. The Morgan fingerprint density at radius 1 is 0.949 bits per heavy atom. The van der Waals surface area contributed by atoms with Crippen molar-refractivity contribution in [1.82, 2.24) is 10.3 Å². The fraction of sp³-hybridized carbons (Fsp3) is 0.226. The molecule has 0 saturated carbocycles. The van der Waals surface area contributed by atoms with E-state index in [1.807, 2.05) is 50.2 Å². The molecule has 0 saturated heterocycles. The standard InChI is InChI=1S/C31H32FN3O4/c1-19-23(21-14-27(32)26(30(15-21)39-3)16-34-22(17-36)18-37)8-6-9-24(19)25-10-7-12-28(20(25)2)35-31(38)29-11-4-5-13-33-29/h4-15,22,34,36-37H,16-18H2,1-3H3,(H,35,38). The first-order valence-corrected chi connectivity index (χ1v) is 12.6. The Bertz CT molecular complexity index is 1460. The lowest BCUT2D eigenvalue weighted by molar-refractivity contribution is 0.102. The Morgan fingerprint density at radius 2 is 1.64 bits per heavy atom. The number of pyridine rings is 1. The van der Waals surface area contributed by atoms with Gasteiger partial charge in [0.05, 0.1) is 26.4 Å². The van der Waals surface area contributed by atoms with Crippen LogP contribution in [0.1, 0.15) is 27.2 Å². The number of carbonyl (C=O) groups excluding carboxylic acids is 1. The largest absolute Gasteiger partial charge is 0.496 e. The number of ether oxygens (including phenoxy) is 1. The van der Waals surface area contributed by atoms with Crippen molar-refractivity contribution in [2.75, 3.05) is 25.6 Å². The lowest BCUT2D eigenvalue weighted by Crippen LogP contribution is -2.35. The zero-order valence-electron chi connectivity index (χ0n) is 22.2. The Balaban J connectivity index is 1.68. The molecule has 1 amide bonds. The quantitative estimate of drug-likeness (QED) is 0.234. The van der Waals surface area contributed by atoms with E-state index < -0.39 is 11.9 Å². The van der Waals surface area contributed by atoms with E-state index in [2.05, 4.69) is 15.6 Å². The number of nitrogens with zero attached hydrogens (tertiary/aromatic N) is 1. The second-order valence-electron chi connectivity index (χ2n) is 9.21. The van der Waals surface area contributed by atoms with Gasteiger partial charge in [0.2, 0.25) is 0 Å². The maximum atomic E-state index is 15.3. The topological polar surface area (TPSA) is 104 Å². The number of methoxy groups -OCH3 is 1. The van der Waals surface area contributed by atoms with Crippen molar-refractivity contribution in [3.63, 3.8) is 0 Å². The molecule has 202 valence electrons. The number of carbonyl (C=O) groups is 1.